The molecule has 28 heavy (non-hydrogen) atoms. The number of hydrogen-bond acceptors (Lipinski definition) is 4. The molecule has 0 amide bonds. The van der Waals surface area contributed by atoms with Crippen LogP contribution in [0.4, 0.5) is 0 Å². The number of aromatic nitrogens is 3. The van der Waals surface area contributed by atoms with Crippen LogP contribution in [0.3, 0.4) is 0 Å². The third-order valence-corrected chi connectivity index (χ3v) is 4.47. The molecule has 0 fully saturated rings. The van der Waals surface area contributed by atoms with Crippen LogP contribution in [0.1, 0.15) is 43.4 Å². The summed E-state index contributed by atoms with van der Waals surface area (Å²) >= 11 is 0. The van der Waals surface area contributed by atoms with Gasteiger partial charge in [0, 0.05) is 33.4 Å². The fourth-order valence-corrected chi connectivity index (χ4v) is 2.59. The monoisotopic (exact) mass is 500 g/mol. The van der Waals surface area contributed by atoms with Gasteiger partial charge in [-0.2, -0.15) is 0 Å². The van der Waals surface area contributed by atoms with E-state index >= 15 is 0 Å². The summed E-state index contributed by atoms with van der Waals surface area (Å²) in [5.41, 5.74) is 1.31. The normalized spacial score (nSPS) is 12.4. The molecule has 1 heterocycles. The molecule has 0 bridgehead atoms. The zero-order valence-corrected chi connectivity index (χ0v) is 19.6. The Hall–Kier alpha value is -1.68. The minimum Gasteiger partial charge on any atom is -0.382 e. The van der Waals surface area contributed by atoms with Crippen LogP contribution >= 0.6 is 24.0 Å². The van der Waals surface area contributed by atoms with Crippen molar-refractivity contribution in [2.75, 3.05) is 26.3 Å². The highest BCUT2D eigenvalue weighted by molar-refractivity contribution is 14.0. The average molecular weight is 500 g/mol. The maximum atomic E-state index is 5.40. The summed E-state index contributed by atoms with van der Waals surface area (Å²) in [7, 11) is 1.96. The Labute approximate surface area is 185 Å². The molecule has 156 valence electrons. The lowest BCUT2D eigenvalue weighted by Crippen LogP contribution is -2.40. The van der Waals surface area contributed by atoms with Crippen molar-refractivity contribution in [3.8, 4) is 0 Å². The number of halogens is 1. The Morgan fingerprint density at radius 3 is 2.61 bits per heavy atom. The van der Waals surface area contributed by atoms with Crippen molar-refractivity contribution in [1.82, 2.24) is 25.4 Å². The quantitative estimate of drug-likeness (QED) is 0.227. The average Bonchev–Trinajstić information content (AvgIpc) is 3.01. The predicted octanol–water partition coefficient (Wildman–Crippen LogP) is 3.01. The number of guanidine groups is 1. The SMILES string of the molecule is CCOCCCNC(=NCc1nnc(C)n1C)NCC(C)c1ccccc1.I. The van der Waals surface area contributed by atoms with Crippen LogP contribution < -0.4 is 10.6 Å². The number of rotatable bonds is 10. The van der Waals surface area contributed by atoms with E-state index in [4.69, 9.17) is 4.74 Å². The van der Waals surface area contributed by atoms with Crippen LogP contribution in [-0.4, -0.2) is 47.0 Å². The van der Waals surface area contributed by atoms with Gasteiger partial charge in [-0.05, 0) is 31.7 Å². The lowest BCUT2D eigenvalue weighted by molar-refractivity contribution is 0.145. The Bertz CT molecular complexity index is 704. The maximum absolute atomic E-state index is 5.40. The highest BCUT2D eigenvalue weighted by Crippen LogP contribution is 2.12. The molecule has 1 atom stereocenters. The molecule has 2 N–H and O–H groups in total. The van der Waals surface area contributed by atoms with Gasteiger partial charge in [0.25, 0.3) is 0 Å². The summed E-state index contributed by atoms with van der Waals surface area (Å²) in [5.74, 6) is 2.91. The van der Waals surface area contributed by atoms with E-state index in [2.05, 4.69) is 57.0 Å². The largest absolute Gasteiger partial charge is 0.382 e. The molecule has 0 saturated carbocycles. The second-order valence-corrected chi connectivity index (χ2v) is 6.56. The summed E-state index contributed by atoms with van der Waals surface area (Å²) in [4.78, 5) is 4.68. The molecule has 8 heteroatoms. The van der Waals surface area contributed by atoms with E-state index in [1.807, 2.05) is 31.5 Å². The molecule has 0 spiro atoms. The van der Waals surface area contributed by atoms with Gasteiger partial charge in [-0.25, -0.2) is 4.99 Å². The van der Waals surface area contributed by atoms with Crippen molar-refractivity contribution in [3.63, 3.8) is 0 Å². The third kappa shape index (κ3) is 8.14. The lowest BCUT2D eigenvalue weighted by atomic mass is 10.0. The summed E-state index contributed by atoms with van der Waals surface area (Å²) in [6.07, 6.45) is 0.936. The first-order valence-corrected chi connectivity index (χ1v) is 9.61. The standard InChI is InChI=1S/C20H32N6O.HI/c1-5-27-13-9-12-21-20(23-15-19-25-24-17(3)26(19)4)22-14-16(2)18-10-7-6-8-11-18;/h6-8,10-11,16H,5,9,12-15H2,1-4H3,(H2,21,22,23);1H. The van der Waals surface area contributed by atoms with Gasteiger partial charge in [0.2, 0.25) is 0 Å². The smallest absolute Gasteiger partial charge is 0.191 e. The van der Waals surface area contributed by atoms with Crippen LogP contribution in [0.5, 0.6) is 0 Å². The van der Waals surface area contributed by atoms with E-state index in [1.165, 1.54) is 5.56 Å². The zero-order valence-electron chi connectivity index (χ0n) is 17.3. The van der Waals surface area contributed by atoms with Gasteiger partial charge in [-0.1, -0.05) is 37.3 Å². The molecule has 1 aromatic heterocycles. The number of nitrogens with one attached hydrogen (secondary N) is 2. The zero-order chi connectivity index (χ0) is 19.5. The van der Waals surface area contributed by atoms with Gasteiger partial charge in [-0.15, -0.1) is 34.2 Å². The van der Waals surface area contributed by atoms with Crippen molar-refractivity contribution in [2.24, 2.45) is 12.0 Å². The number of nitrogens with zero attached hydrogens (tertiary/aromatic N) is 4. The van der Waals surface area contributed by atoms with Gasteiger partial charge in [0.15, 0.2) is 11.8 Å². The second-order valence-electron chi connectivity index (χ2n) is 6.56. The van der Waals surface area contributed by atoms with E-state index < -0.39 is 0 Å². The van der Waals surface area contributed by atoms with Crippen LogP contribution in [0.2, 0.25) is 0 Å². The van der Waals surface area contributed by atoms with Crippen molar-refractivity contribution in [3.05, 3.63) is 47.5 Å². The minimum absolute atomic E-state index is 0. The molecule has 1 unspecified atom stereocenters. The molecule has 0 aliphatic carbocycles. The number of aryl methyl sites for hydroxylation is 1. The van der Waals surface area contributed by atoms with E-state index in [0.717, 1.165) is 50.3 Å². The first-order chi connectivity index (χ1) is 13.1. The highest BCUT2D eigenvalue weighted by Gasteiger charge is 2.08. The number of aliphatic imine (C=N–C) groups is 1. The predicted molar refractivity (Wildman–Crippen MR) is 124 cm³/mol. The Morgan fingerprint density at radius 2 is 1.96 bits per heavy atom. The van der Waals surface area contributed by atoms with Gasteiger partial charge in [-0.3, -0.25) is 0 Å². The Balaban J connectivity index is 0.00000392. The van der Waals surface area contributed by atoms with Gasteiger partial charge in [0.1, 0.15) is 12.4 Å². The van der Waals surface area contributed by atoms with Gasteiger partial charge in [0.05, 0.1) is 0 Å². The summed E-state index contributed by atoms with van der Waals surface area (Å²) < 4.78 is 7.36. The molecule has 0 aliphatic rings. The van der Waals surface area contributed by atoms with E-state index in [9.17, 15) is 0 Å². The number of ether oxygens (including phenoxy) is 1. The molecule has 2 aromatic rings. The van der Waals surface area contributed by atoms with Crippen molar-refractivity contribution in [1.29, 1.82) is 0 Å². The third-order valence-electron chi connectivity index (χ3n) is 4.47. The lowest BCUT2D eigenvalue weighted by Gasteiger charge is -2.17. The van der Waals surface area contributed by atoms with Crippen LogP contribution in [-0.2, 0) is 18.3 Å². The Kier molecular flexibility index (Phi) is 11.7. The molecule has 7 nitrogen and oxygen atoms in total. The van der Waals surface area contributed by atoms with E-state index in [-0.39, 0.29) is 24.0 Å². The van der Waals surface area contributed by atoms with Crippen molar-refractivity contribution in [2.45, 2.75) is 39.7 Å². The number of hydrogen-bond donors (Lipinski definition) is 2. The molecule has 2 rings (SSSR count). The number of benzene rings is 1. The van der Waals surface area contributed by atoms with Crippen LogP contribution in [0.15, 0.2) is 35.3 Å². The topological polar surface area (TPSA) is 76.4 Å². The fraction of sp³-hybridized carbons (Fsp3) is 0.550. The minimum atomic E-state index is 0. The first-order valence-electron chi connectivity index (χ1n) is 9.61. The maximum Gasteiger partial charge on any atom is 0.191 e. The summed E-state index contributed by atoms with van der Waals surface area (Å²) in [6, 6.07) is 10.5. The Morgan fingerprint density at radius 1 is 1.21 bits per heavy atom. The molecular formula is C20H33IN6O. The first kappa shape index (κ1) is 24.4. The van der Waals surface area contributed by atoms with Crippen molar-refractivity contribution >= 4 is 29.9 Å². The van der Waals surface area contributed by atoms with E-state index in [0.29, 0.717) is 12.5 Å². The highest BCUT2D eigenvalue weighted by atomic mass is 127. The molecule has 0 radical (unpaired) electrons. The van der Waals surface area contributed by atoms with Gasteiger partial charge >= 0.3 is 0 Å². The van der Waals surface area contributed by atoms with Crippen LogP contribution in [0.25, 0.3) is 0 Å². The summed E-state index contributed by atoms with van der Waals surface area (Å²) in [5, 5.41) is 15.1. The van der Waals surface area contributed by atoms with Crippen molar-refractivity contribution < 1.29 is 4.74 Å². The fourth-order valence-electron chi connectivity index (χ4n) is 2.59. The van der Waals surface area contributed by atoms with Crippen LogP contribution in [0, 0.1) is 6.92 Å². The molecule has 0 aliphatic heterocycles. The summed E-state index contributed by atoms with van der Waals surface area (Å²) in [6.45, 7) is 9.75. The molecule has 0 saturated heterocycles. The second kappa shape index (κ2) is 13.5. The molecular weight excluding hydrogens is 467 g/mol. The van der Waals surface area contributed by atoms with Gasteiger partial charge < -0.3 is 19.9 Å². The molecule has 1 aromatic carbocycles. The van der Waals surface area contributed by atoms with E-state index in [1.54, 1.807) is 0 Å².